The SMILES string of the molecule is COc1ccc(C=CC(=O)O[C@@H]2[C@H](O[C@H]3O[C@H](C)[C@H](O)[C@@H](O)[C@H]3O)[C@H](O)[C@H](OCCc3ccc(O)c(OC)c3)O[C@H]2CO[C@@H]2OC[C@](O)(CO)[C@H]2O)cc1O. The molecule has 2 aromatic rings. The van der Waals surface area contributed by atoms with Crippen molar-refractivity contribution >= 4 is 12.0 Å². The van der Waals surface area contributed by atoms with E-state index in [2.05, 4.69) is 0 Å². The second kappa shape index (κ2) is 18.5. The van der Waals surface area contributed by atoms with Gasteiger partial charge in [-0.2, -0.15) is 0 Å². The molecule has 0 radical (unpaired) electrons. The second-order valence-electron chi connectivity index (χ2n) is 13.3. The van der Waals surface area contributed by atoms with Gasteiger partial charge in [-0.25, -0.2) is 4.79 Å². The highest BCUT2D eigenvalue weighted by Gasteiger charge is 2.54. The molecule has 0 spiro atoms. The van der Waals surface area contributed by atoms with Crippen LogP contribution in [0.4, 0.5) is 0 Å². The molecule has 306 valence electrons. The van der Waals surface area contributed by atoms with Gasteiger partial charge in [0.2, 0.25) is 0 Å². The fourth-order valence-electron chi connectivity index (χ4n) is 6.19. The van der Waals surface area contributed by atoms with Crippen LogP contribution in [0.3, 0.4) is 0 Å². The van der Waals surface area contributed by atoms with Gasteiger partial charge in [-0.3, -0.25) is 0 Å². The van der Waals surface area contributed by atoms with Crippen LogP contribution >= 0.6 is 0 Å². The summed E-state index contributed by atoms with van der Waals surface area (Å²) in [4.78, 5) is 13.3. The van der Waals surface area contributed by atoms with E-state index in [1.54, 1.807) is 18.2 Å². The topological polar surface area (TPSA) is 282 Å². The van der Waals surface area contributed by atoms with Crippen molar-refractivity contribution in [2.75, 3.05) is 40.6 Å². The zero-order chi connectivity index (χ0) is 40.0. The quantitative estimate of drug-likeness (QED) is 0.0701. The van der Waals surface area contributed by atoms with E-state index in [-0.39, 0.29) is 36.0 Å². The Balaban J connectivity index is 1.42. The number of aliphatic hydroxyl groups is 7. The number of carbonyl (C=O) groups excluding carboxylic acids is 1. The number of phenolic OH excluding ortho intramolecular Hbond substituents is 2. The highest BCUT2D eigenvalue weighted by Crippen LogP contribution is 2.34. The smallest absolute Gasteiger partial charge is 0.331 e. The predicted molar refractivity (Wildman–Crippen MR) is 184 cm³/mol. The minimum atomic E-state index is -2.04. The summed E-state index contributed by atoms with van der Waals surface area (Å²) in [6.45, 7) is -0.565. The van der Waals surface area contributed by atoms with Gasteiger partial charge >= 0.3 is 5.97 Å². The van der Waals surface area contributed by atoms with Crippen LogP contribution in [0.2, 0.25) is 0 Å². The molecule has 0 aliphatic carbocycles. The molecule has 9 N–H and O–H groups in total. The first-order chi connectivity index (χ1) is 26.2. The zero-order valence-electron chi connectivity index (χ0n) is 30.2. The number of ether oxygens (including phenoxy) is 9. The number of esters is 1. The molecule has 55 heavy (non-hydrogen) atoms. The van der Waals surface area contributed by atoms with Crippen molar-refractivity contribution in [3.63, 3.8) is 0 Å². The lowest BCUT2D eigenvalue weighted by Crippen LogP contribution is -2.65. The van der Waals surface area contributed by atoms with Crippen LogP contribution < -0.4 is 9.47 Å². The highest BCUT2D eigenvalue weighted by atomic mass is 16.8. The molecule has 0 aromatic heterocycles. The summed E-state index contributed by atoms with van der Waals surface area (Å²) < 4.78 is 50.7. The maximum absolute atomic E-state index is 13.3. The summed E-state index contributed by atoms with van der Waals surface area (Å²) in [6, 6.07) is 9.00. The summed E-state index contributed by atoms with van der Waals surface area (Å²) in [7, 11) is 2.76. The Morgan fingerprint density at radius 1 is 0.855 bits per heavy atom. The second-order valence-corrected chi connectivity index (χ2v) is 13.3. The molecule has 13 atom stereocenters. The van der Waals surface area contributed by atoms with Crippen molar-refractivity contribution in [3.8, 4) is 23.0 Å². The lowest BCUT2D eigenvalue weighted by molar-refractivity contribution is -0.360. The molecular weight excluding hydrogens is 736 g/mol. The maximum atomic E-state index is 13.3. The molecule has 19 nitrogen and oxygen atoms in total. The Morgan fingerprint density at radius 2 is 1.60 bits per heavy atom. The lowest BCUT2D eigenvalue weighted by atomic mass is 9.96. The molecule has 3 aliphatic rings. The monoisotopic (exact) mass is 784 g/mol. The fourth-order valence-corrected chi connectivity index (χ4v) is 6.19. The van der Waals surface area contributed by atoms with E-state index < -0.39 is 105 Å². The van der Waals surface area contributed by atoms with Gasteiger partial charge in [-0.1, -0.05) is 12.1 Å². The van der Waals surface area contributed by atoms with Crippen molar-refractivity contribution in [2.24, 2.45) is 0 Å². The van der Waals surface area contributed by atoms with E-state index in [0.29, 0.717) is 11.1 Å². The Kier molecular flexibility index (Phi) is 14.3. The number of hydrogen-bond acceptors (Lipinski definition) is 19. The van der Waals surface area contributed by atoms with Crippen LogP contribution in [0.5, 0.6) is 23.0 Å². The number of aromatic hydroxyl groups is 2. The summed E-state index contributed by atoms with van der Waals surface area (Å²) in [6.07, 6.45) is -16.4. The van der Waals surface area contributed by atoms with Crippen LogP contribution in [0.1, 0.15) is 18.1 Å². The number of rotatable bonds is 15. The molecule has 3 heterocycles. The van der Waals surface area contributed by atoms with Gasteiger partial charge in [0, 0.05) is 6.08 Å². The average molecular weight is 785 g/mol. The van der Waals surface area contributed by atoms with Crippen molar-refractivity contribution in [1.29, 1.82) is 0 Å². The standard InChI is InChI=1S/C36H48O19/c1-17-26(41)27(42)28(43)34(52-17)55-31-29(44)33(49-11-10-19-4-7-20(38)23(13-19)48-3)53-24(14-50-35-32(45)36(46,15-37)16-51-35)30(31)54-25(40)9-6-18-5-8-22(47-2)21(39)12-18/h4-9,12-13,17,24,26-35,37-39,41-46H,10-11,14-16H2,1-3H3/t17-,24+,26+,27-,28-,29+,30+,31-,32+,33-,34-,35-,36-/m1/s1. The van der Waals surface area contributed by atoms with E-state index >= 15 is 0 Å². The summed E-state index contributed by atoms with van der Waals surface area (Å²) in [5, 5.41) is 94.0. The first-order valence-electron chi connectivity index (χ1n) is 17.4. The van der Waals surface area contributed by atoms with Crippen LogP contribution in [0.15, 0.2) is 42.5 Å². The molecule has 0 bridgehead atoms. The number of hydrogen-bond donors (Lipinski definition) is 9. The number of carbonyl (C=O) groups is 1. The Hall–Kier alpha value is -3.67. The molecule has 3 saturated heterocycles. The highest BCUT2D eigenvalue weighted by molar-refractivity contribution is 5.87. The van der Waals surface area contributed by atoms with Crippen molar-refractivity contribution in [2.45, 2.75) is 92.8 Å². The Morgan fingerprint density at radius 3 is 2.27 bits per heavy atom. The third-order valence-corrected chi connectivity index (χ3v) is 9.50. The van der Waals surface area contributed by atoms with Crippen LogP contribution in [-0.2, 0) is 44.4 Å². The molecule has 3 aliphatic heterocycles. The first-order valence-corrected chi connectivity index (χ1v) is 17.4. The van der Waals surface area contributed by atoms with Gasteiger partial charge in [-0.15, -0.1) is 0 Å². The van der Waals surface area contributed by atoms with Gasteiger partial charge in [0.15, 0.2) is 48.0 Å². The van der Waals surface area contributed by atoms with E-state index in [1.165, 1.54) is 45.4 Å². The molecular formula is C36H48O19. The average Bonchev–Trinajstić information content (AvgIpc) is 3.46. The third kappa shape index (κ3) is 9.84. The van der Waals surface area contributed by atoms with Crippen molar-refractivity contribution < 1.29 is 93.4 Å². The molecule has 5 rings (SSSR count). The number of aliphatic hydroxyl groups excluding tert-OH is 6. The van der Waals surface area contributed by atoms with Crippen LogP contribution in [0.25, 0.3) is 6.08 Å². The van der Waals surface area contributed by atoms with Crippen molar-refractivity contribution in [1.82, 2.24) is 0 Å². The molecule has 0 unspecified atom stereocenters. The summed E-state index contributed by atoms with van der Waals surface area (Å²) in [5.74, 6) is -0.859. The lowest BCUT2D eigenvalue weighted by Gasteiger charge is -2.46. The van der Waals surface area contributed by atoms with Gasteiger partial charge < -0.3 is 88.6 Å². The minimum Gasteiger partial charge on any atom is -0.504 e. The normalized spacial score (nSPS) is 35.2. The van der Waals surface area contributed by atoms with Crippen LogP contribution in [-0.4, -0.2) is 172 Å². The predicted octanol–water partition coefficient (Wildman–Crippen LogP) is -1.94. The number of benzene rings is 2. The van der Waals surface area contributed by atoms with Gasteiger partial charge in [0.05, 0.1) is 46.8 Å². The molecule has 0 amide bonds. The van der Waals surface area contributed by atoms with E-state index in [9.17, 15) is 50.8 Å². The van der Waals surface area contributed by atoms with Gasteiger partial charge in [0.25, 0.3) is 0 Å². The van der Waals surface area contributed by atoms with Gasteiger partial charge in [-0.05, 0) is 54.8 Å². The zero-order valence-corrected chi connectivity index (χ0v) is 30.2. The van der Waals surface area contributed by atoms with E-state index in [0.717, 1.165) is 6.08 Å². The first kappa shape index (κ1) is 42.5. The number of methoxy groups -OCH3 is 2. The molecule has 19 heteroatoms. The van der Waals surface area contributed by atoms with Gasteiger partial charge in [0.1, 0.15) is 48.3 Å². The Labute approximate surface area is 315 Å². The maximum Gasteiger partial charge on any atom is 0.331 e. The summed E-state index contributed by atoms with van der Waals surface area (Å²) >= 11 is 0. The summed E-state index contributed by atoms with van der Waals surface area (Å²) in [5.41, 5.74) is -0.974. The number of phenols is 2. The molecule has 2 aromatic carbocycles. The van der Waals surface area contributed by atoms with Crippen LogP contribution in [0, 0.1) is 0 Å². The van der Waals surface area contributed by atoms with Crippen molar-refractivity contribution in [3.05, 3.63) is 53.6 Å². The molecule has 0 saturated carbocycles. The van der Waals surface area contributed by atoms with E-state index in [1.807, 2.05) is 0 Å². The fraction of sp³-hybridized carbons (Fsp3) is 0.583. The molecule has 3 fully saturated rings. The minimum absolute atomic E-state index is 0.0773. The Bertz CT molecular complexity index is 1610. The largest absolute Gasteiger partial charge is 0.504 e. The third-order valence-electron chi connectivity index (χ3n) is 9.50. The van der Waals surface area contributed by atoms with E-state index in [4.69, 9.17) is 42.6 Å².